The fourth-order valence-electron chi connectivity index (χ4n) is 2.27. The van der Waals surface area contributed by atoms with Crippen molar-refractivity contribution in [2.75, 3.05) is 13.7 Å². The summed E-state index contributed by atoms with van der Waals surface area (Å²) < 4.78 is 45.6. The summed E-state index contributed by atoms with van der Waals surface area (Å²) in [5.41, 5.74) is 5.88. The molecule has 0 saturated heterocycles. The Kier molecular flexibility index (Phi) is 6.27. The van der Waals surface area contributed by atoms with Crippen LogP contribution in [0.3, 0.4) is 0 Å². The Balaban J connectivity index is 2.06. The van der Waals surface area contributed by atoms with Crippen LogP contribution in [0.15, 0.2) is 48.5 Å². The topological polar surface area (TPSA) is 81.9 Å². The number of nitrogens with two attached hydrogens (primary N) is 1. The Hall–Kier alpha value is -3.23. The van der Waals surface area contributed by atoms with E-state index in [1.807, 2.05) is 0 Å². The maximum Gasteiger partial charge on any atom is 0.573 e. The molecule has 0 saturated carbocycles. The fourth-order valence-corrected chi connectivity index (χ4v) is 2.27. The quantitative estimate of drug-likeness (QED) is 0.798. The number of carbonyl (C=O) groups excluding carboxylic acids is 2. The summed E-state index contributed by atoms with van der Waals surface area (Å²) in [6, 6.07) is 11.6. The molecule has 0 aliphatic carbocycles. The van der Waals surface area contributed by atoms with Crippen molar-refractivity contribution in [2.24, 2.45) is 5.73 Å². The van der Waals surface area contributed by atoms with E-state index < -0.39 is 12.3 Å². The van der Waals surface area contributed by atoms with Crippen molar-refractivity contribution in [3.05, 3.63) is 59.7 Å². The first-order chi connectivity index (χ1) is 12.7. The molecule has 0 spiro atoms. The Bertz CT molecular complexity index is 807. The molecule has 144 valence electrons. The lowest BCUT2D eigenvalue weighted by Crippen LogP contribution is -2.27. The Morgan fingerprint density at radius 2 is 1.70 bits per heavy atom. The van der Waals surface area contributed by atoms with Crippen LogP contribution >= 0.6 is 0 Å². The lowest BCUT2D eigenvalue weighted by atomic mass is 10.1. The van der Waals surface area contributed by atoms with Gasteiger partial charge in [-0.05, 0) is 29.8 Å². The summed E-state index contributed by atoms with van der Waals surface area (Å²) >= 11 is 0. The van der Waals surface area contributed by atoms with Crippen molar-refractivity contribution >= 4 is 11.8 Å². The minimum atomic E-state index is -4.76. The third-order valence-electron chi connectivity index (χ3n) is 3.41. The van der Waals surface area contributed by atoms with E-state index in [-0.39, 0.29) is 36.1 Å². The molecule has 0 fully saturated rings. The van der Waals surface area contributed by atoms with Crippen LogP contribution in [0.1, 0.15) is 15.9 Å². The number of rotatable bonds is 7. The molecule has 0 bridgehead atoms. The van der Waals surface area contributed by atoms with Gasteiger partial charge in [-0.2, -0.15) is 0 Å². The molecular formula is C18H17F3N2O4. The van der Waals surface area contributed by atoms with Gasteiger partial charge in [-0.15, -0.1) is 13.2 Å². The smallest absolute Gasteiger partial charge is 0.483 e. The van der Waals surface area contributed by atoms with Gasteiger partial charge in [0.25, 0.3) is 11.8 Å². The first-order valence-electron chi connectivity index (χ1n) is 7.76. The number of ether oxygens (including phenoxy) is 2. The number of hydrogen-bond donors (Lipinski definition) is 1. The molecule has 0 aromatic heterocycles. The summed E-state index contributed by atoms with van der Waals surface area (Å²) in [5.74, 6) is -1.19. The zero-order valence-corrected chi connectivity index (χ0v) is 14.3. The van der Waals surface area contributed by atoms with Crippen LogP contribution in [0.4, 0.5) is 13.2 Å². The molecule has 2 N–H and O–H groups in total. The molecule has 6 nitrogen and oxygen atoms in total. The van der Waals surface area contributed by atoms with Crippen molar-refractivity contribution in [3.8, 4) is 11.5 Å². The van der Waals surface area contributed by atoms with Gasteiger partial charge < -0.3 is 20.1 Å². The second-order valence-electron chi connectivity index (χ2n) is 5.60. The third-order valence-corrected chi connectivity index (χ3v) is 3.41. The normalized spacial score (nSPS) is 11.0. The van der Waals surface area contributed by atoms with Crippen LogP contribution in [-0.2, 0) is 11.3 Å². The van der Waals surface area contributed by atoms with Gasteiger partial charge in [-0.1, -0.05) is 24.3 Å². The molecule has 2 aromatic rings. The van der Waals surface area contributed by atoms with Gasteiger partial charge in [-0.25, -0.2) is 0 Å². The number of carbonyl (C=O) groups is 2. The zero-order valence-electron chi connectivity index (χ0n) is 14.3. The highest BCUT2D eigenvalue weighted by Crippen LogP contribution is 2.24. The molecule has 0 radical (unpaired) electrons. The van der Waals surface area contributed by atoms with Crippen LogP contribution < -0.4 is 15.2 Å². The van der Waals surface area contributed by atoms with Gasteiger partial charge in [0.05, 0.1) is 5.56 Å². The average Bonchev–Trinajstić information content (AvgIpc) is 2.60. The fraction of sp³-hybridized carbons (Fsp3) is 0.222. The van der Waals surface area contributed by atoms with E-state index in [0.29, 0.717) is 5.56 Å². The van der Waals surface area contributed by atoms with Crippen molar-refractivity contribution in [3.63, 3.8) is 0 Å². The van der Waals surface area contributed by atoms with Crippen LogP contribution in [-0.4, -0.2) is 36.7 Å². The highest BCUT2D eigenvalue weighted by molar-refractivity contribution is 5.96. The predicted molar refractivity (Wildman–Crippen MR) is 90.1 cm³/mol. The van der Waals surface area contributed by atoms with E-state index in [1.165, 1.54) is 48.3 Å². The number of para-hydroxylation sites is 1. The zero-order chi connectivity index (χ0) is 20.0. The summed E-state index contributed by atoms with van der Waals surface area (Å²) in [6.07, 6.45) is -4.76. The number of primary amides is 1. The maximum atomic E-state index is 12.6. The SMILES string of the molecule is CN(Cc1ccc(OC(F)(F)F)cc1)C(=O)c1ccccc1OCC(N)=O. The molecule has 0 heterocycles. The molecule has 9 heteroatoms. The first kappa shape index (κ1) is 20.1. The molecule has 0 aliphatic rings. The van der Waals surface area contributed by atoms with Crippen LogP contribution in [0.25, 0.3) is 0 Å². The van der Waals surface area contributed by atoms with Gasteiger partial charge >= 0.3 is 6.36 Å². The molecule has 0 atom stereocenters. The van der Waals surface area contributed by atoms with Crippen molar-refractivity contribution in [1.82, 2.24) is 4.90 Å². The Morgan fingerprint density at radius 1 is 1.07 bits per heavy atom. The second kappa shape index (κ2) is 8.43. The predicted octanol–water partition coefficient (Wildman–Crippen LogP) is 2.72. The van der Waals surface area contributed by atoms with Gasteiger partial charge in [0.1, 0.15) is 11.5 Å². The van der Waals surface area contributed by atoms with Gasteiger partial charge in [0, 0.05) is 13.6 Å². The van der Waals surface area contributed by atoms with E-state index in [4.69, 9.17) is 10.5 Å². The van der Waals surface area contributed by atoms with Gasteiger partial charge in [0.2, 0.25) is 0 Å². The lowest BCUT2D eigenvalue weighted by molar-refractivity contribution is -0.274. The van der Waals surface area contributed by atoms with Gasteiger partial charge in [0.15, 0.2) is 6.61 Å². The minimum Gasteiger partial charge on any atom is -0.483 e. The molecule has 0 aliphatic heterocycles. The van der Waals surface area contributed by atoms with Crippen molar-refractivity contribution < 1.29 is 32.2 Å². The molecule has 2 amide bonds. The monoisotopic (exact) mass is 382 g/mol. The maximum absolute atomic E-state index is 12.6. The standard InChI is InChI=1S/C18H17F3N2O4/c1-23(10-12-6-8-13(9-7-12)27-18(19,20)21)17(25)14-4-2-3-5-15(14)26-11-16(22)24/h2-9H,10-11H2,1H3,(H2,22,24). The first-order valence-corrected chi connectivity index (χ1v) is 7.76. The number of amides is 2. The second-order valence-corrected chi connectivity index (χ2v) is 5.60. The van der Waals surface area contributed by atoms with Crippen LogP contribution in [0.5, 0.6) is 11.5 Å². The molecule has 2 rings (SSSR count). The van der Waals surface area contributed by atoms with E-state index >= 15 is 0 Å². The number of hydrogen-bond acceptors (Lipinski definition) is 4. The summed E-state index contributed by atoms with van der Waals surface area (Å²) in [4.78, 5) is 24.9. The number of halogens is 3. The largest absolute Gasteiger partial charge is 0.573 e. The molecule has 2 aromatic carbocycles. The number of nitrogens with zero attached hydrogens (tertiary/aromatic N) is 1. The summed E-state index contributed by atoms with van der Waals surface area (Å²) in [7, 11) is 1.54. The van der Waals surface area contributed by atoms with Crippen LogP contribution in [0, 0.1) is 0 Å². The molecule has 0 unspecified atom stereocenters. The van der Waals surface area contributed by atoms with Crippen molar-refractivity contribution in [2.45, 2.75) is 12.9 Å². The Labute approximate surface area is 153 Å². The highest BCUT2D eigenvalue weighted by Gasteiger charge is 2.31. The Morgan fingerprint density at radius 3 is 2.30 bits per heavy atom. The van der Waals surface area contributed by atoms with E-state index in [1.54, 1.807) is 12.1 Å². The number of alkyl halides is 3. The average molecular weight is 382 g/mol. The summed E-state index contributed by atoms with van der Waals surface area (Å²) in [5, 5.41) is 0. The van der Waals surface area contributed by atoms with E-state index in [0.717, 1.165) is 0 Å². The minimum absolute atomic E-state index is 0.148. The highest BCUT2D eigenvalue weighted by atomic mass is 19.4. The van der Waals surface area contributed by atoms with Gasteiger partial charge in [-0.3, -0.25) is 9.59 Å². The van der Waals surface area contributed by atoms with E-state index in [2.05, 4.69) is 4.74 Å². The third kappa shape index (κ3) is 6.21. The van der Waals surface area contributed by atoms with E-state index in [9.17, 15) is 22.8 Å². The molecule has 27 heavy (non-hydrogen) atoms. The van der Waals surface area contributed by atoms with Crippen molar-refractivity contribution in [1.29, 1.82) is 0 Å². The van der Waals surface area contributed by atoms with Crippen LogP contribution in [0.2, 0.25) is 0 Å². The number of benzene rings is 2. The molecular weight excluding hydrogens is 365 g/mol. The lowest BCUT2D eigenvalue weighted by Gasteiger charge is -2.19. The summed E-state index contributed by atoms with van der Waals surface area (Å²) in [6.45, 7) is -0.218.